The van der Waals surface area contributed by atoms with Gasteiger partial charge in [-0.25, -0.2) is 8.42 Å². The zero-order valence-electron chi connectivity index (χ0n) is 8.94. The van der Waals surface area contributed by atoms with E-state index in [2.05, 4.69) is 0 Å². The Kier molecular flexibility index (Phi) is 3.92. The molecule has 0 saturated carbocycles. The van der Waals surface area contributed by atoms with Crippen molar-refractivity contribution in [2.75, 3.05) is 18.8 Å². The number of sulfonamides is 1. The normalized spacial score (nSPS) is 30.5. The van der Waals surface area contributed by atoms with Crippen molar-refractivity contribution >= 4 is 10.0 Å². The van der Waals surface area contributed by atoms with Gasteiger partial charge in [0.25, 0.3) is 0 Å². The van der Waals surface area contributed by atoms with Crippen LogP contribution in [0.3, 0.4) is 0 Å². The Balaban J connectivity index is 2.75. The third-order valence-corrected chi connectivity index (χ3v) is 4.93. The molecule has 1 fully saturated rings. The maximum absolute atomic E-state index is 11.7. The molecule has 5 heteroatoms. The first-order chi connectivity index (χ1) is 6.51. The molecule has 0 aliphatic carbocycles. The molecule has 0 aromatic heterocycles. The van der Waals surface area contributed by atoms with Gasteiger partial charge in [-0.1, -0.05) is 0 Å². The smallest absolute Gasteiger partial charge is 0.214 e. The van der Waals surface area contributed by atoms with Gasteiger partial charge in [0.1, 0.15) is 0 Å². The summed E-state index contributed by atoms with van der Waals surface area (Å²) in [6, 6.07) is 0.141. The van der Waals surface area contributed by atoms with Crippen LogP contribution in [-0.4, -0.2) is 37.6 Å². The topological polar surface area (TPSA) is 63.4 Å². The van der Waals surface area contributed by atoms with Crippen molar-refractivity contribution in [2.45, 2.75) is 32.7 Å². The number of piperidine rings is 1. The van der Waals surface area contributed by atoms with E-state index in [0.29, 0.717) is 19.0 Å². The number of nitrogens with two attached hydrogens (primary N) is 1. The molecule has 1 heterocycles. The largest absolute Gasteiger partial charge is 0.330 e. The first-order valence-electron chi connectivity index (χ1n) is 5.20. The van der Waals surface area contributed by atoms with Gasteiger partial charge in [-0.05, 0) is 39.2 Å². The van der Waals surface area contributed by atoms with Crippen LogP contribution in [0.2, 0.25) is 0 Å². The summed E-state index contributed by atoms with van der Waals surface area (Å²) in [7, 11) is -3.04. The summed E-state index contributed by atoms with van der Waals surface area (Å²) < 4.78 is 25.0. The van der Waals surface area contributed by atoms with Crippen molar-refractivity contribution in [2.24, 2.45) is 11.7 Å². The molecule has 4 nitrogen and oxygen atoms in total. The van der Waals surface area contributed by atoms with Crippen molar-refractivity contribution in [3.8, 4) is 0 Å². The van der Waals surface area contributed by atoms with Crippen LogP contribution in [0, 0.1) is 5.92 Å². The van der Waals surface area contributed by atoms with Gasteiger partial charge in [0.05, 0.1) is 5.75 Å². The van der Waals surface area contributed by atoms with Gasteiger partial charge in [0.15, 0.2) is 0 Å². The van der Waals surface area contributed by atoms with Crippen LogP contribution >= 0.6 is 0 Å². The van der Waals surface area contributed by atoms with Crippen LogP contribution in [0.15, 0.2) is 0 Å². The molecule has 1 saturated heterocycles. The second kappa shape index (κ2) is 4.59. The second-order valence-electron chi connectivity index (χ2n) is 4.00. The first kappa shape index (κ1) is 11.9. The van der Waals surface area contributed by atoms with Crippen LogP contribution in [-0.2, 0) is 10.0 Å². The molecule has 1 rings (SSSR count). The monoisotopic (exact) mass is 220 g/mol. The first-order valence-corrected chi connectivity index (χ1v) is 6.81. The summed E-state index contributed by atoms with van der Waals surface area (Å²) in [5.74, 6) is 0.529. The lowest BCUT2D eigenvalue weighted by atomic mass is 9.96. The Hall–Kier alpha value is -0.130. The van der Waals surface area contributed by atoms with E-state index in [1.165, 1.54) is 0 Å². The average molecular weight is 220 g/mol. The molecule has 0 aromatic carbocycles. The molecule has 0 amide bonds. The molecule has 0 radical (unpaired) electrons. The molecule has 14 heavy (non-hydrogen) atoms. The van der Waals surface area contributed by atoms with Crippen molar-refractivity contribution in [3.05, 3.63) is 0 Å². The van der Waals surface area contributed by atoms with Gasteiger partial charge >= 0.3 is 0 Å². The van der Waals surface area contributed by atoms with Gasteiger partial charge < -0.3 is 5.73 Å². The van der Waals surface area contributed by atoms with E-state index in [1.807, 2.05) is 6.92 Å². The summed E-state index contributed by atoms with van der Waals surface area (Å²) in [5.41, 5.74) is 5.57. The molecule has 1 aliphatic rings. The van der Waals surface area contributed by atoms with E-state index >= 15 is 0 Å². The molecule has 84 valence electrons. The Morgan fingerprint density at radius 1 is 1.43 bits per heavy atom. The maximum atomic E-state index is 11.7. The van der Waals surface area contributed by atoms with Crippen molar-refractivity contribution in [1.29, 1.82) is 0 Å². The zero-order chi connectivity index (χ0) is 10.8. The maximum Gasteiger partial charge on any atom is 0.214 e. The van der Waals surface area contributed by atoms with Crippen LogP contribution in [0.1, 0.15) is 26.7 Å². The molecule has 0 aromatic rings. The minimum Gasteiger partial charge on any atom is -0.330 e. The van der Waals surface area contributed by atoms with Crippen LogP contribution in [0.5, 0.6) is 0 Å². The number of hydrogen-bond acceptors (Lipinski definition) is 3. The van der Waals surface area contributed by atoms with Crippen LogP contribution in [0.4, 0.5) is 0 Å². The highest BCUT2D eigenvalue weighted by molar-refractivity contribution is 7.89. The van der Waals surface area contributed by atoms with Gasteiger partial charge in [-0.2, -0.15) is 4.31 Å². The molecule has 1 aliphatic heterocycles. The summed E-state index contributed by atoms with van der Waals surface area (Å²) in [6.45, 7) is 4.85. The van der Waals surface area contributed by atoms with Gasteiger partial charge in [-0.3, -0.25) is 0 Å². The standard InChI is InChI=1S/C9H20N2O2S/c1-3-14(12,13)11-7-9(6-10)5-4-8(11)2/h8-9H,3-7,10H2,1-2H3. The zero-order valence-corrected chi connectivity index (χ0v) is 9.76. The molecule has 2 N–H and O–H groups in total. The fourth-order valence-electron chi connectivity index (χ4n) is 1.89. The van der Waals surface area contributed by atoms with Gasteiger partial charge in [0, 0.05) is 12.6 Å². The summed E-state index contributed by atoms with van der Waals surface area (Å²) in [6.07, 6.45) is 1.98. The predicted octanol–water partition coefficient (Wildman–Crippen LogP) is 0.395. The van der Waals surface area contributed by atoms with Gasteiger partial charge in [-0.15, -0.1) is 0 Å². The highest BCUT2D eigenvalue weighted by atomic mass is 32.2. The second-order valence-corrected chi connectivity index (χ2v) is 6.21. The van der Waals surface area contributed by atoms with Crippen LogP contribution < -0.4 is 5.73 Å². The third kappa shape index (κ3) is 2.46. The molecule has 0 bridgehead atoms. The Morgan fingerprint density at radius 2 is 2.07 bits per heavy atom. The summed E-state index contributed by atoms with van der Waals surface area (Å²) in [5, 5.41) is 0. The Labute approximate surface area is 86.5 Å². The molecular weight excluding hydrogens is 200 g/mol. The van der Waals surface area contributed by atoms with E-state index in [9.17, 15) is 8.42 Å². The molecule has 0 spiro atoms. The fraction of sp³-hybridized carbons (Fsp3) is 1.00. The van der Waals surface area contributed by atoms with E-state index in [0.717, 1.165) is 12.8 Å². The molecular formula is C9H20N2O2S. The van der Waals surface area contributed by atoms with Crippen molar-refractivity contribution < 1.29 is 8.42 Å². The highest BCUT2D eigenvalue weighted by Gasteiger charge is 2.31. The minimum atomic E-state index is -3.04. The minimum absolute atomic E-state index is 0.141. The fourth-order valence-corrected chi connectivity index (χ4v) is 3.32. The quantitative estimate of drug-likeness (QED) is 0.748. The number of rotatable bonds is 3. The Bertz CT molecular complexity index is 277. The summed E-state index contributed by atoms with van der Waals surface area (Å²) in [4.78, 5) is 0. The Morgan fingerprint density at radius 3 is 2.57 bits per heavy atom. The van der Waals surface area contributed by atoms with E-state index in [-0.39, 0.29) is 11.8 Å². The third-order valence-electron chi connectivity index (χ3n) is 2.98. The lowest BCUT2D eigenvalue weighted by Gasteiger charge is -2.36. The van der Waals surface area contributed by atoms with Crippen molar-refractivity contribution in [3.63, 3.8) is 0 Å². The average Bonchev–Trinajstić information content (AvgIpc) is 2.18. The lowest BCUT2D eigenvalue weighted by molar-refractivity contribution is 0.211. The van der Waals surface area contributed by atoms with E-state index < -0.39 is 10.0 Å². The van der Waals surface area contributed by atoms with E-state index in [4.69, 9.17) is 5.73 Å². The molecule has 2 atom stereocenters. The lowest BCUT2D eigenvalue weighted by Crippen LogP contribution is -2.47. The van der Waals surface area contributed by atoms with Crippen LogP contribution in [0.25, 0.3) is 0 Å². The summed E-state index contributed by atoms with van der Waals surface area (Å²) >= 11 is 0. The van der Waals surface area contributed by atoms with E-state index in [1.54, 1.807) is 11.2 Å². The SMILES string of the molecule is CCS(=O)(=O)N1CC(CN)CCC1C. The number of nitrogens with zero attached hydrogens (tertiary/aromatic N) is 1. The number of hydrogen-bond donors (Lipinski definition) is 1. The van der Waals surface area contributed by atoms with Gasteiger partial charge in [0.2, 0.25) is 10.0 Å². The molecule has 2 unspecified atom stereocenters. The highest BCUT2D eigenvalue weighted by Crippen LogP contribution is 2.23. The van der Waals surface area contributed by atoms with Crippen molar-refractivity contribution in [1.82, 2.24) is 4.31 Å². The predicted molar refractivity (Wildman–Crippen MR) is 57.4 cm³/mol.